The minimum atomic E-state index is -1.24. The average Bonchev–Trinajstić information content (AvgIpc) is 2.52. The maximum Gasteiger partial charge on any atom is 0.232 e. The molecule has 0 aromatic heterocycles. The fourth-order valence-electron chi connectivity index (χ4n) is 3.43. The number of aliphatic hydroxyl groups is 1. The van der Waals surface area contributed by atoms with Crippen molar-refractivity contribution in [2.24, 2.45) is 5.73 Å². The third-order valence-corrected chi connectivity index (χ3v) is 4.66. The summed E-state index contributed by atoms with van der Waals surface area (Å²) < 4.78 is 5.38. The number of hydrogen-bond acceptors (Lipinski definition) is 4. The first-order valence-corrected chi connectivity index (χ1v) is 8.13. The van der Waals surface area contributed by atoms with Gasteiger partial charge in [-0.3, -0.25) is 9.59 Å². The monoisotopic (exact) mass is 334 g/mol. The van der Waals surface area contributed by atoms with Crippen molar-refractivity contribution < 1.29 is 19.4 Å². The molecular weight excluding hydrogens is 308 g/mol. The van der Waals surface area contributed by atoms with Crippen molar-refractivity contribution in [2.45, 2.75) is 44.1 Å². The van der Waals surface area contributed by atoms with E-state index in [0.29, 0.717) is 25.1 Å². The maximum atomic E-state index is 13.1. The van der Waals surface area contributed by atoms with Gasteiger partial charge < -0.3 is 20.5 Å². The molecule has 0 radical (unpaired) electrons. The van der Waals surface area contributed by atoms with E-state index >= 15 is 0 Å². The Balaban J connectivity index is 2.24. The molecule has 132 valence electrons. The molecule has 0 saturated carbocycles. The van der Waals surface area contributed by atoms with Crippen LogP contribution in [0.3, 0.4) is 0 Å². The van der Waals surface area contributed by atoms with Gasteiger partial charge in [0.2, 0.25) is 11.8 Å². The molecule has 1 aromatic carbocycles. The Morgan fingerprint density at radius 3 is 2.67 bits per heavy atom. The van der Waals surface area contributed by atoms with Gasteiger partial charge in [-0.05, 0) is 32.8 Å². The van der Waals surface area contributed by atoms with E-state index < -0.39 is 16.9 Å². The highest BCUT2D eigenvalue weighted by Gasteiger charge is 2.42. The van der Waals surface area contributed by atoms with Gasteiger partial charge in [-0.1, -0.05) is 18.2 Å². The lowest BCUT2D eigenvalue weighted by atomic mass is 9.80. The zero-order valence-corrected chi connectivity index (χ0v) is 14.5. The largest absolute Gasteiger partial charge is 0.496 e. The van der Waals surface area contributed by atoms with Crippen LogP contribution in [0.5, 0.6) is 5.75 Å². The minimum absolute atomic E-state index is 0.102. The van der Waals surface area contributed by atoms with Crippen molar-refractivity contribution in [2.75, 3.05) is 20.2 Å². The molecule has 2 rings (SSSR count). The molecule has 1 fully saturated rings. The van der Waals surface area contributed by atoms with Gasteiger partial charge in [0.1, 0.15) is 5.75 Å². The number of nitrogens with zero attached hydrogens (tertiary/aromatic N) is 1. The van der Waals surface area contributed by atoms with Crippen LogP contribution in [-0.4, -0.2) is 47.6 Å². The molecule has 1 heterocycles. The van der Waals surface area contributed by atoms with Gasteiger partial charge in [-0.15, -0.1) is 0 Å². The lowest BCUT2D eigenvalue weighted by Gasteiger charge is -2.42. The van der Waals surface area contributed by atoms with Crippen LogP contribution in [0, 0.1) is 0 Å². The highest BCUT2D eigenvalue weighted by Crippen LogP contribution is 2.35. The summed E-state index contributed by atoms with van der Waals surface area (Å²) in [5, 5.41) is 10.6. The number of amides is 2. The molecule has 1 aliphatic rings. The highest BCUT2D eigenvalue weighted by molar-refractivity contribution is 5.88. The van der Waals surface area contributed by atoms with Gasteiger partial charge in [-0.2, -0.15) is 0 Å². The second-order valence-corrected chi connectivity index (χ2v) is 7.02. The molecular formula is C18H26N2O4. The summed E-state index contributed by atoms with van der Waals surface area (Å²) in [4.78, 5) is 25.9. The van der Waals surface area contributed by atoms with E-state index in [-0.39, 0.29) is 18.9 Å². The Bertz CT molecular complexity index is 629. The number of ether oxygens (including phenoxy) is 1. The fourth-order valence-corrected chi connectivity index (χ4v) is 3.43. The highest BCUT2D eigenvalue weighted by atomic mass is 16.5. The van der Waals surface area contributed by atoms with Gasteiger partial charge in [0.15, 0.2) is 0 Å². The number of rotatable bonds is 5. The molecule has 24 heavy (non-hydrogen) atoms. The number of para-hydroxylation sites is 1. The van der Waals surface area contributed by atoms with E-state index in [1.165, 1.54) is 0 Å². The van der Waals surface area contributed by atoms with Crippen molar-refractivity contribution in [3.8, 4) is 5.75 Å². The SMILES string of the molecule is COc1ccccc1C(C)(C)C(=O)N1CCCC(O)(CC(N)=O)C1. The molecule has 0 aliphatic carbocycles. The number of likely N-dealkylation sites (tertiary alicyclic amines) is 1. The molecule has 6 nitrogen and oxygen atoms in total. The zero-order chi connectivity index (χ0) is 18.0. The van der Waals surface area contributed by atoms with Gasteiger partial charge in [0.25, 0.3) is 0 Å². The first-order valence-electron chi connectivity index (χ1n) is 8.13. The van der Waals surface area contributed by atoms with Gasteiger partial charge in [0, 0.05) is 18.7 Å². The van der Waals surface area contributed by atoms with Crippen molar-refractivity contribution in [1.82, 2.24) is 4.90 Å². The lowest BCUT2D eigenvalue weighted by molar-refractivity contribution is -0.146. The van der Waals surface area contributed by atoms with E-state index in [9.17, 15) is 14.7 Å². The van der Waals surface area contributed by atoms with Crippen LogP contribution in [0.1, 0.15) is 38.7 Å². The van der Waals surface area contributed by atoms with Gasteiger partial charge in [-0.25, -0.2) is 0 Å². The molecule has 0 bridgehead atoms. The molecule has 1 saturated heterocycles. The van der Waals surface area contributed by atoms with Crippen molar-refractivity contribution in [1.29, 1.82) is 0 Å². The topological polar surface area (TPSA) is 92.9 Å². The Morgan fingerprint density at radius 1 is 1.38 bits per heavy atom. The average molecular weight is 334 g/mol. The normalized spacial score (nSPS) is 21.4. The summed E-state index contributed by atoms with van der Waals surface area (Å²) in [6.45, 7) is 4.36. The summed E-state index contributed by atoms with van der Waals surface area (Å²) in [6, 6.07) is 7.42. The number of methoxy groups -OCH3 is 1. The van der Waals surface area contributed by atoms with Crippen LogP contribution < -0.4 is 10.5 Å². The molecule has 0 spiro atoms. The van der Waals surface area contributed by atoms with Crippen LogP contribution in [0.2, 0.25) is 0 Å². The number of piperidine rings is 1. The van der Waals surface area contributed by atoms with Crippen LogP contribution in [0.15, 0.2) is 24.3 Å². The Kier molecular flexibility index (Phi) is 5.18. The molecule has 1 aromatic rings. The number of benzene rings is 1. The molecule has 1 atom stereocenters. The van der Waals surface area contributed by atoms with E-state index in [4.69, 9.17) is 10.5 Å². The van der Waals surface area contributed by atoms with Gasteiger partial charge >= 0.3 is 0 Å². The first kappa shape index (κ1) is 18.3. The Hall–Kier alpha value is -2.08. The molecule has 6 heteroatoms. The van der Waals surface area contributed by atoms with E-state index in [2.05, 4.69) is 0 Å². The van der Waals surface area contributed by atoms with E-state index in [0.717, 1.165) is 5.56 Å². The summed E-state index contributed by atoms with van der Waals surface area (Å²) in [6.07, 6.45) is 0.970. The number of carbonyl (C=O) groups excluding carboxylic acids is 2. The number of β-amino-alcohol motifs (C(OH)–C–C–N with tert-alkyl or cyclic N) is 1. The van der Waals surface area contributed by atoms with Crippen LogP contribution in [-0.2, 0) is 15.0 Å². The Morgan fingerprint density at radius 2 is 2.04 bits per heavy atom. The number of carbonyl (C=O) groups is 2. The number of primary amides is 1. The van der Waals surface area contributed by atoms with Crippen LogP contribution in [0.25, 0.3) is 0 Å². The summed E-state index contributed by atoms with van der Waals surface area (Å²) in [5.74, 6) is -0.00867. The molecule has 2 amide bonds. The molecule has 3 N–H and O–H groups in total. The number of nitrogens with two attached hydrogens (primary N) is 1. The van der Waals surface area contributed by atoms with Crippen molar-refractivity contribution in [3.05, 3.63) is 29.8 Å². The minimum Gasteiger partial charge on any atom is -0.496 e. The second kappa shape index (κ2) is 6.81. The van der Waals surface area contributed by atoms with Crippen LogP contribution in [0.4, 0.5) is 0 Å². The Labute approximate surface area is 142 Å². The summed E-state index contributed by atoms with van der Waals surface area (Å²) in [5.41, 5.74) is 3.97. The van der Waals surface area contributed by atoms with Crippen molar-refractivity contribution >= 4 is 11.8 Å². The molecule has 1 aliphatic heterocycles. The van der Waals surface area contributed by atoms with Crippen LogP contribution >= 0.6 is 0 Å². The lowest BCUT2D eigenvalue weighted by Crippen LogP contribution is -2.55. The van der Waals surface area contributed by atoms with E-state index in [1.807, 2.05) is 38.1 Å². The fraction of sp³-hybridized carbons (Fsp3) is 0.556. The zero-order valence-electron chi connectivity index (χ0n) is 14.5. The predicted molar refractivity (Wildman–Crippen MR) is 90.6 cm³/mol. The predicted octanol–water partition coefficient (Wildman–Crippen LogP) is 1.20. The molecule has 1 unspecified atom stereocenters. The summed E-state index contributed by atoms with van der Waals surface area (Å²) in [7, 11) is 1.58. The standard InChI is InChI=1S/C18H26N2O4/c1-17(2,13-7-4-5-8-14(13)24-3)16(22)20-10-6-9-18(23,12-20)11-15(19)21/h4-5,7-8,23H,6,9-12H2,1-3H3,(H2,19,21). The summed E-state index contributed by atoms with van der Waals surface area (Å²) >= 11 is 0. The third-order valence-electron chi connectivity index (χ3n) is 4.66. The smallest absolute Gasteiger partial charge is 0.232 e. The second-order valence-electron chi connectivity index (χ2n) is 7.02. The third kappa shape index (κ3) is 3.70. The van der Waals surface area contributed by atoms with Gasteiger partial charge in [0.05, 0.1) is 24.5 Å². The first-order chi connectivity index (χ1) is 11.2. The van der Waals surface area contributed by atoms with E-state index in [1.54, 1.807) is 12.0 Å². The maximum absolute atomic E-state index is 13.1. The van der Waals surface area contributed by atoms with Crippen molar-refractivity contribution in [3.63, 3.8) is 0 Å². The number of hydrogen-bond donors (Lipinski definition) is 2. The quantitative estimate of drug-likeness (QED) is 0.846.